The highest BCUT2D eigenvalue weighted by Crippen LogP contribution is 2.27. The Morgan fingerprint density at radius 3 is 2.57 bits per heavy atom. The average molecular weight is 406 g/mol. The van der Waals surface area contributed by atoms with E-state index in [-0.39, 0.29) is 11.4 Å². The highest BCUT2D eigenvalue weighted by molar-refractivity contribution is 5.98. The van der Waals surface area contributed by atoms with E-state index in [1.165, 1.54) is 24.5 Å². The topological polar surface area (TPSA) is 112 Å². The number of amides is 1. The van der Waals surface area contributed by atoms with Crippen molar-refractivity contribution in [2.45, 2.75) is 13.0 Å². The summed E-state index contributed by atoms with van der Waals surface area (Å²) in [5.74, 6) is -1.04. The minimum atomic E-state index is -1.30. The number of esters is 1. The van der Waals surface area contributed by atoms with Gasteiger partial charge in [0.1, 0.15) is 11.4 Å². The third kappa shape index (κ3) is 5.20. The van der Waals surface area contributed by atoms with Crippen molar-refractivity contribution >= 4 is 29.3 Å². The van der Waals surface area contributed by atoms with Crippen LogP contribution < -0.4 is 5.32 Å². The number of hydrogen-bond donors (Lipinski definition) is 1. The van der Waals surface area contributed by atoms with Crippen LogP contribution in [0.3, 0.4) is 0 Å². The van der Waals surface area contributed by atoms with Crippen LogP contribution in [0, 0.1) is 17.0 Å². The lowest BCUT2D eigenvalue weighted by atomic mass is 10.1. The Morgan fingerprint density at radius 2 is 1.90 bits per heavy atom. The van der Waals surface area contributed by atoms with E-state index >= 15 is 0 Å². The Hall–Kier alpha value is -4.20. The number of benzene rings is 2. The van der Waals surface area contributed by atoms with Crippen LogP contribution in [0.2, 0.25) is 0 Å². The molecule has 8 heteroatoms. The van der Waals surface area contributed by atoms with Gasteiger partial charge in [0.2, 0.25) is 6.10 Å². The third-order valence-electron chi connectivity index (χ3n) is 4.11. The summed E-state index contributed by atoms with van der Waals surface area (Å²) in [5.41, 5.74) is 0.858. The van der Waals surface area contributed by atoms with Crippen molar-refractivity contribution in [2.24, 2.45) is 0 Å². The van der Waals surface area contributed by atoms with Crippen LogP contribution >= 0.6 is 0 Å². The molecule has 0 aliphatic heterocycles. The minimum Gasteiger partial charge on any atom is -0.465 e. The first-order chi connectivity index (χ1) is 14.4. The second-order valence-electron chi connectivity index (χ2n) is 6.34. The van der Waals surface area contributed by atoms with Crippen LogP contribution in [0.25, 0.3) is 6.08 Å². The molecule has 0 radical (unpaired) electrons. The first-order valence-corrected chi connectivity index (χ1v) is 8.97. The number of nitro groups is 1. The van der Waals surface area contributed by atoms with E-state index in [0.717, 1.165) is 6.08 Å². The zero-order valence-corrected chi connectivity index (χ0v) is 16.0. The summed E-state index contributed by atoms with van der Waals surface area (Å²) in [4.78, 5) is 35.9. The Balaban J connectivity index is 1.83. The smallest absolute Gasteiger partial charge is 0.332 e. The van der Waals surface area contributed by atoms with Crippen molar-refractivity contribution in [1.29, 1.82) is 0 Å². The fourth-order valence-electron chi connectivity index (χ4n) is 2.69. The number of hydrogen-bond acceptors (Lipinski definition) is 6. The first-order valence-electron chi connectivity index (χ1n) is 8.97. The van der Waals surface area contributed by atoms with E-state index in [1.54, 1.807) is 55.5 Å². The summed E-state index contributed by atoms with van der Waals surface area (Å²) in [5, 5.41) is 13.8. The van der Waals surface area contributed by atoms with Crippen molar-refractivity contribution in [3.05, 3.63) is 100 Å². The number of carbonyl (C=O) groups excluding carboxylic acids is 2. The Morgan fingerprint density at radius 1 is 1.13 bits per heavy atom. The van der Waals surface area contributed by atoms with Gasteiger partial charge in [-0.25, -0.2) is 4.79 Å². The number of ether oxygens (including phenoxy) is 1. The summed E-state index contributed by atoms with van der Waals surface area (Å²) in [6.45, 7) is 1.71. The monoisotopic (exact) mass is 406 g/mol. The molecule has 1 N–H and O–H groups in total. The normalized spacial score (nSPS) is 11.8. The van der Waals surface area contributed by atoms with E-state index in [2.05, 4.69) is 5.32 Å². The lowest BCUT2D eigenvalue weighted by Crippen LogP contribution is -2.25. The molecule has 1 atom stereocenters. The molecular weight excluding hydrogens is 388 g/mol. The molecule has 0 aliphatic carbocycles. The van der Waals surface area contributed by atoms with Crippen molar-refractivity contribution in [1.82, 2.24) is 0 Å². The lowest BCUT2D eigenvalue weighted by Gasteiger charge is -2.17. The number of furan rings is 1. The number of carbonyl (C=O) groups is 2. The molecular formula is C22H18N2O6. The highest BCUT2D eigenvalue weighted by Gasteiger charge is 2.26. The Labute approximate surface area is 171 Å². The minimum absolute atomic E-state index is 0.0127. The number of nitrogens with one attached hydrogen (secondary N) is 1. The second kappa shape index (κ2) is 9.33. The van der Waals surface area contributed by atoms with Crippen LogP contribution in [0.1, 0.15) is 23.0 Å². The fourth-order valence-corrected chi connectivity index (χ4v) is 2.69. The van der Waals surface area contributed by atoms with Gasteiger partial charge in [0.05, 0.1) is 11.2 Å². The zero-order valence-electron chi connectivity index (χ0n) is 16.0. The van der Waals surface area contributed by atoms with Gasteiger partial charge in [0, 0.05) is 17.7 Å². The Kier molecular flexibility index (Phi) is 6.39. The quantitative estimate of drug-likeness (QED) is 0.269. The van der Waals surface area contributed by atoms with Gasteiger partial charge in [0.15, 0.2) is 0 Å². The summed E-state index contributed by atoms with van der Waals surface area (Å²) < 4.78 is 10.5. The number of aryl methyl sites for hydroxylation is 1. The standard InChI is InChI=1S/C22H18N2O6/c1-15-9-11-18(19(14-15)24(27)28)23-22(26)21(16-6-3-2-4-7-16)30-20(25)12-10-17-8-5-13-29-17/h2-14,21H,1H3,(H,23,26)/b12-10+/t21-/m1/s1. The van der Waals surface area contributed by atoms with Crippen LogP contribution in [0.5, 0.6) is 0 Å². The van der Waals surface area contributed by atoms with Gasteiger partial charge in [-0.1, -0.05) is 36.4 Å². The predicted molar refractivity (Wildman–Crippen MR) is 109 cm³/mol. The van der Waals surface area contributed by atoms with Gasteiger partial charge in [-0.05, 0) is 36.8 Å². The van der Waals surface area contributed by atoms with Crippen molar-refractivity contribution in [2.75, 3.05) is 5.32 Å². The maximum atomic E-state index is 12.9. The van der Waals surface area contributed by atoms with Gasteiger partial charge >= 0.3 is 5.97 Å². The van der Waals surface area contributed by atoms with Gasteiger partial charge in [-0.15, -0.1) is 0 Å². The highest BCUT2D eigenvalue weighted by atomic mass is 16.6. The number of anilines is 1. The molecule has 30 heavy (non-hydrogen) atoms. The molecule has 0 saturated heterocycles. The van der Waals surface area contributed by atoms with E-state index in [4.69, 9.17) is 9.15 Å². The van der Waals surface area contributed by atoms with E-state index < -0.39 is 22.9 Å². The number of nitrogens with zero attached hydrogens (tertiary/aromatic N) is 1. The molecule has 0 aliphatic rings. The molecule has 3 aromatic rings. The second-order valence-corrected chi connectivity index (χ2v) is 6.34. The molecule has 0 bridgehead atoms. The molecule has 3 rings (SSSR count). The molecule has 1 amide bonds. The number of rotatable bonds is 7. The van der Waals surface area contributed by atoms with E-state index in [9.17, 15) is 19.7 Å². The van der Waals surface area contributed by atoms with Gasteiger partial charge in [-0.2, -0.15) is 0 Å². The van der Waals surface area contributed by atoms with Gasteiger partial charge in [-0.3, -0.25) is 14.9 Å². The maximum absolute atomic E-state index is 12.9. The van der Waals surface area contributed by atoms with Gasteiger partial charge < -0.3 is 14.5 Å². The predicted octanol–water partition coefficient (Wildman–Crippen LogP) is 4.43. The molecule has 1 heterocycles. The SMILES string of the molecule is Cc1ccc(NC(=O)[C@H](OC(=O)/C=C/c2ccco2)c2ccccc2)c([N+](=O)[O-])c1. The molecule has 0 fully saturated rings. The van der Waals surface area contributed by atoms with E-state index in [0.29, 0.717) is 16.9 Å². The number of nitro benzene ring substituents is 1. The van der Waals surface area contributed by atoms with Crippen LogP contribution in [-0.4, -0.2) is 16.8 Å². The summed E-state index contributed by atoms with van der Waals surface area (Å²) in [7, 11) is 0. The molecule has 0 unspecified atom stereocenters. The average Bonchev–Trinajstić information content (AvgIpc) is 3.26. The first kappa shape index (κ1) is 20.5. The summed E-state index contributed by atoms with van der Waals surface area (Å²) in [6.07, 6.45) is 2.70. The third-order valence-corrected chi connectivity index (χ3v) is 4.11. The van der Waals surface area contributed by atoms with Crippen molar-refractivity contribution < 1.29 is 23.7 Å². The largest absolute Gasteiger partial charge is 0.465 e. The van der Waals surface area contributed by atoms with Crippen LogP contribution in [0.4, 0.5) is 11.4 Å². The molecule has 152 valence electrons. The Bertz CT molecular complexity index is 1070. The lowest BCUT2D eigenvalue weighted by molar-refractivity contribution is -0.384. The van der Waals surface area contributed by atoms with Crippen LogP contribution in [-0.2, 0) is 14.3 Å². The van der Waals surface area contributed by atoms with Crippen molar-refractivity contribution in [3.8, 4) is 0 Å². The van der Waals surface area contributed by atoms with Gasteiger partial charge in [0.25, 0.3) is 11.6 Å². The molecule has 2 aromatic carbocycles. The van der Waals surface area contributed by atoms with E-state index in [1.807, 2.05) is 0 Å². The van der Waals surface area contributed by atoms with Crippen LogP contribution in [0.15, 0.2) is 77.4 Å². The molecule has 0 saturated carbocycles. The zero-order chi connectivity index (χ0) is 21.5. The summed E-state index contributed by atoms with van der Waals surface area (Å²) >= 11 is 0. The summed E-state index contributed by atoms with van der Waals surface area (Å²) in [6, 6.07) is 16.1. The van der Waals surface area contributed by atoms with Crippen molar-refractivity contribution in [3.63, 3.8) is 0 Å². The fraction of sp³-hybridized carbons (Fsp3) is 0.0909. The maximum Gasteiger partial charge on any atom is 0.332 e. The molecule has 8 nitrogen and oxygen atoms in total. The molecule has 1 aromatic heterocycles. The molecule has 0 spiro atoms.